The van der Waals surface area contributed by atoms with E-state index in [1.807, 2.05) is 75.4 Å². The van der Waals surface area contributed by atoms with Gasteiger partial charge in [0.2, 0.25) is 0 Å². The molecule has 0 radical (unpaired) electrons. The van der Waals surface area contributed by atoms with Crippen LogP contribution in [0.3, 0.4) is 0 Å². The van der Waals surface area contributed by atoms with Crippen LogP contribution < -0.4 is 11.1 Å². The molecule has 2 fully saturated rings. The number of amides is 1. The Balaban J connectivity index is 1.26. The molecule has 2 aromatic heterocycles. The number of aromatic nitrogens is 4. The number of carbonyl (C=O) groups is 1. The van der Waals surface area contributed by atoms with Gasteiger partial charge in [-0.1, -0.05) is 54.6 Å². The topological polar surface area (TPSA) is 114 Å². The molecule has 1 saturated carbocycles. The van der Waals surface area contributed by atoms with Crippen LogP contribution in [0.15, 0.2) is 60.9 Å². The van der Waals surface area contributed by atoms with Crippen molar-refractivity contribution in [1.29, 1.82) is 0 Å². The molecular weight excluding hydrogens is 552 g/mol. The number of nitrogens with two attached hydrogens (primary N) is 1. The minimum absolute atomic E-state index is 0.268. The number of rotatable bonds is 6. The highest BCUT2D eigenvalue weighted by molar-refractivity contribution is 5.98. The van der Waals surface area contributed by atoms with Crippen molar-refractivity contribution in [2.75, 3.05) is 39.0 Å². The quantitative estimate of drug-likeness (QED) is 0.303. The zero-order chi connectivity index (χ0) is 30.8. The highest BCUT2D eigenvalue weighted by Gasteiger charge is 2.31. The van der Waals surface area contributed by atoms with Crippen molar-refractivity contribution in [3.63, 3.8) is 0 Å². The maximum atomic E-state index is 12.8. The number of ether oxygens (including phenoxy) is 1. The largest absolute Gasteiger partial charge is 0.444 e. The van der Waals surface area contributed by atoms with E-state index >= 15 is 0 Å². The molecule has 3 heterocycles. The number of nitrogens with zero attached hydrogens (tertiary/aromatic N) is 6. The monoisotopic (exact) mass is 596 g/mol. The van der Waals surface area contributed by atoms with Gasteiger partial charge < -0.3 is 20.7 Å². The second-order valence-electron chi connectivity index (χ2n) is 13.2. The summed E-state index contributed by atoms with van der Waals surface area (Å²) >= 11 is 0. The predicted molar refractivity (Wildman–Crippen MR) is 173 cm³/mol. The van der Waals surface area contributed by atoms with E-state index in [2.05, 4.69) is 36.8 Å². The first-order chi connectivity index (χ1) is 21.2. The lowest BCUT2D eigenvalue weighted by atomic mass is 9.90. The van der Waals surface area contributed by atoms with Gasteiger partial charge in [-0.15, -0.1) is 0 Å². The Morgan fingerprint density at radius 1 is 0.909 bits per heavy atom. The molecule has 6 rings (SSSR count). The molecule has 0 spiro atoms. The van der Waals surface area contributed by atoms with Crippen LogP contribution in [-0.2, 0) is 4.74 Å². The Kier molecular flexibility index (Phi) is 8.55. The van der Waals surface area contributed by atoms with Crippen molar-refractivity contribution in [2.45, 2.75) is 70.2 Å². The van der Waals surface area contributed by atoms with E-state index in [1.54, 1.807) is 0 Å². The van der Waals surface area contributed by atoms with Crippen molar-refractivity contribution in [1.82, 2.24) is 34.9 Å². The van der Waals surface area contributed by atoms with Gasteiger partial charge in [0, 0.05) is 37.8 Å². The fourth-order valence-electron chi connectivity index (χ4n) is 6.57. The number of carbonyl (C=O) groups excluding carboxylic acids is 1. The second kappa shape index (κ2) is 12.5. The second-order valence-corrected chi connectivity index (χ2v) is 13.2. The fraction of sp³-hybridized carbons (Fsp3) is 0.471. The van der Waals surface area contributed by atoms with Crippen LogP contribution >= 0.6 is 0 Å². The lowest BCUT2D eigenvalue weighted by molar-refractivity contribution is 0.0512. The molecule has 1 aliphatic heterocycles. The third kappa shape index (κ3) is 6.56. The molecular formula is C34H44N8O2. The van der Waals surface area contributed by atoms with E-state index in [0.717, 1.165) is 85.3 Å². The van der Waals surface area contributed by atoms with Gasteiger partial charge in [-0.3, -0.25) is 4.90 Å². The molecule has 1 unspecified atom stereocenters. The number of hydrogen-bond acceptors (Lipinski definition) is 8. The molecule has 2 aliphatic rings. The summed E-state index contributed by atoms with van der Waals surface area (Å²) in [6.07, 6.45) is 5.51. The Morgan fingerprint density at radius 2 is 1.55 bits per heavy atom. The van der Waals surface area contributed by atoms with Crippen molar-refractivity contribution in [3.8, 4) is 11.3 Å². The van der Waals surface area contributed by atoms with Crippen molar-refractivity contribution in [2.24, 2.45) is 0 Å². The highest BCUT2D eigenvalue weighted by Crippen LogP contribution is 2.37. The van der Waals surface area contributed by atoms with E-state index in [9.17, 15) is 4.79 Å². The molecule has 10 heteroatoms. The summed E-state index contributed by atoms with van der Waals surface area (Å²) in [5, 5.41) is 8.98. The van der Waals surface area contributed by atoms with Crippen molar-refractivity contribution in [3.05, 3.63) is 72.1 Å². The average Bonchev–Trinajstić information content (AvgIpc) is 3.41. The van der Waals surface area contributed by atoms with E-state index < -0.39 is 11.7 Å². The van der Waals surface area contributed by atoms with E-state index in [-0.39, 0.29) is 12.1 Å². The summed E-state index contributed by atoms with van der Waals surface area (Å²) in [5.74, 6) is 0.431. The Labute approximate surface area is 259 Å². The summed E-state index contributed by atoms with van der Waals surface area (Å²) in [6, 6.07) is 18.5. The van der Waals surface area contributed by atoms with Gasteiger partial charge in [0.15, 0.2) is 5.65 Å². The maximum Gasteiger partial charge on any atom is 0.408 e. The number of benzene rings is 2. The number of nitrogens with one attached hydrogen (secondary N) is 1. The normalized spacial score (nSPS) is 20.8. The predicted octanol–water partition coefficient (Wildman–Crippen LogP) is 5.42. The van der Waals surface area contributed by atoms with Gasteiger partial charge in [0.1, 0.15) is 23.4 Å². The minimum atomic E-state index is -0.596. The van der Waals surface area contributed by atoms with Crippen molar-refractivity contribution >= 4 is 22.9 Å². The van der Waals surface area contributed by atoms with Crippen LogP contribution in [0, 0.1) is 0 Å². The minimum Gasteiger partial charge on any atom is -0.444 e. The zero-order valence-electron chi connectivity index (χ0n) is 26.2. The van der Waals surface area contributed by atoms with Crippen LogP contribution in [-0.4, -0.2) is 80.5 Å². The Bertz CT molecular complexity index is 1560. The van der Waals surface area contributed by atoms with Gasteiger partial charge in [0.25, 0.3) is 0 Å². The van der Waals surface area contributed by atoms with Crippen LogP contribution in [0.2, 0.25) is 0 Å². The third-order valence-electron chi connectivity index (χ3n) is 8.90. The molecule has 232 valence electrons. The first-order valence-electron chi connectivity index (χ1n) is 15.7. The number of piperazine rings is 1. The summed E-state index contributed by atoms with van der Waals surface area (Å²) in [6.45, 7) is 10.2. The summed E-state index contributed by atoms with van der Waals surface area (Å²) < 4.78 is 7.67. The summed E-state index contributed by atoms with van der Waals surface area (Å²) in [7, 11) is 2.21. The first kappa shape index (κ1) is 30.0. The molecule has 1 amide bonds. The Hall–Kier alpha value is -4.02. The Morgan fingerprint density at radius 3 is 2.20 bits per heavy atom. The number of fused-ring (bicyclic) bond motifs is 1. The first-order valence-corrected chi connectivity index (χ1v) is 15.7. The molecule has 0 bridgehead atoms. The fourth-order valence-corrected chi connectivity index (χ4v) is 6.57. The highest BCUT2D eigenvalue weighted by atomic mass is 16.6. The van der Waals surface area contributed by atoms with E-state index in [4.69, 9.17) is 15.6 Å². The lowest BCUT2D eigenvalue weighted by Crippen LogP contribution is -2.49. The van der Waals surface area contributed by atoms with Crippen LogP contribution in [0.25, 0.3) is 22.3 Å². The van der Waals surface area contributed by atoms with Gasteiger partial charge in [-0.05, 0) is 64.6 Å². The van der Waals surface area contributed by atoms with Crippen LogP contribution in [0.4, 0.5) is 10.6 Å². The van der Waals surface area contributed by atoms with Gasteiger partial charge >= 0.3 is 6.09 Å². The number of alkyl carbamates (subject to hydrolysis) is 1. The number of hydrogen-bond donors (Lipinski definition) is 2. The molecule has 1 atom stereocenters. The lowest BCUT2D eigenvalue weighted by Gasteiger charge is -2.41. The average molecular weight is 597 g/mol. The van der Waals surface area contributed by atoms with Gasteiger partial charge in [-0.2, -0.15) is 5.10 Å². The van der Waals surface area contributed by atoms with Gasteiger partial charge in [0.05, 0.1) is 17.5 Å². The standard InChI is InChI=1S/C34H44N8O2/c1-34(2,3)44-33(43)38-29(23-8-6-5-7-9-23)24-10-12-25(13-11-24)30-28-31(35)36-22-37-32(28)42(39-30)27-16-14-26(15-17-27)41-20-18-40(4)19-21-41/h5-13,22,26-27,29H,14-21H2,1-4H3,(H,38,43)(H2,35,36,37). The zero-order valence-corrected chi connectivity index (χ0v) is 26.2. The van der Waals surface area contributed by atoms with Gasteiger partial charge in [-0.25, -0.2) is 19.4 Å². The van der Waals surface area contributed by atoms with Crippen LogP contribution in [0.1, 0.15) is 69.7 Å². The molecule has 44 heavy (non-hydrogen) atoms. The van der Waals surface area contributed by atoms with Crippen molar-refractivity contribution < 1.29 is 9.53 Å². The molecule has 4 aromatic rings. The number of nitrogen functional groups attached to an aromatic ring is 1. The smallest absolute Gasteiger partial charge is 0.408 e. The molecule has 10 nitrogen and oxygen atoms in total. The molecule has 1 saturated heterocycles. The maximum absolute atomic E-state index is 12.8. The molecule has 2 aromatic carbocycles. The third-order valence-corrected chi connectivity index (χ3v) is 8.90. The van der Waals surface area contributed by atoms with E-state index in [0.29, 0.717) is 11.9 Å². The van der Waals surface area contributed by atoms with E-state index in [1.165, 1.54) is 6.33 Å². The summed E-state index contributed by atoms with van der Waals surface area (Å²) in [4.78, 5) is 26.8. The summed E-state index contributed by atoms with van der Waals surface area (Å²) in [5.41, 5.74) is 10.2. The molecule has 3 N–H and O–H groups in total. The molecule has 1 aliphatic carbocycles. The number of anilines is 1. The SMILES string of the molecule is CN1CCN(C2CCC(n3nc(-c4ccc(C(NC(=O)OC(C)(C)C)c5ccccc5)cc4)c4c(N)ncnc43)CC2)CC1. The number of likely N-dealkylation sites (N-methyl/N-ethyl adjacent to an activating group) is 1. The van der Waals surface area contributed by atoms with Crippen LogP contribution in [0.5, 0.6) is 0 Å².